The number of fused-ring (bicyclic) bond motifs is 1. The number of carboxylic acids is 2. The smallest absolute Gasteiger partial charge is 0.352 e. The van der Waals surface area contributed by atoms with Gasteiger partial charge in [-0.15, -0.1) is 23.5 Å². The van der Waals surface area contributed by atoms with Gasteiger partial charge in [0.05, 0.1) is 6.42 Å². The lowest BCUT2D eigenvalue weighted by Crippen LogP contribution is -2.70. The molecule has 10 nitrogen and oxygen atoms in total. The fraction of sp³-hybridized carbons (Fsp3) is 0.346. The average molecular weight is 627 g/mol. The number of carbonyl (C=O) groups is 4. The third-order valence-electron chi connectivity index (χ3n) is 6.49. The topological polar surface area (TPSA) is 154 Å². The number of hydrogen-bond donors (Lipinski definition) is 4. The zero-order valence-electron chi connectivity index (χ0n) is 21.1. The Balaban J connectivity index is 1.38. The molecule has 212 valence electrons. The quantitative estimate of drug-likeness (QED) is 0.158. The Morgan fingerprint density at radius 1 is 1.20 bits per heavy atom. The number of amides is 2. The molecule has 4 rings (SSSR count). The van der Waals surface area contributed by atoms with E-state index >= 15 is 0 Å². The van der Waals surface area contributed by atoms with Crippen LogP contribution in [0.1, 0.15) is 12.0 Å². The van der Waals surface area contributed by atoms with Gasteiger partial charge in [0, 0.05) is 38.6 Å². The van der Waals surface area contributed by atoms with Gasteiger partial charge in [-0.25, -0.2) is 9.36 Å². The van der Waals surface area contributed by atoms with E-state index in [1.807, 2.05) is 12.1 Å². The molecule has 3 heterocycles. The lowest BCUT2D eigenvalue weighted by molar-refractivity contribution is -0.701. The monoisotopic (exact) mass is 625 g/mol. The number of hydrogen-bond acceptors (Lipinski definition) is 7. The first-order valence-electron chi connectivity index (χ1n) is 12.3. The maximum atomic E-state index is 13.0. The minimum atomic E-state index is -1.20. The van der Waals surface area contributed by atoms with Crippen LogP contribution in [0.4, 0.5) is 0 Å². The number of rotatable bonds is 12. The van der Waals surface area contributed by atoms with E-state index in [0.717, 1.165) is 4.90 Å². The SMILES string of the molecule is NCC[C@@H](C[n+]1ccc(SCC2=C(C(=O)O)N3C(=O)[C@@H](NC(=O)Cc4cc(Cl)ccc4Cl)[C@H]3SC2)cc1)C(=O)O. The molecule has 2 aliphatic rings. The molecule has 0 bridgehead atoms. The number of β-lactam (4-membered cyclic amide) rings is 1. The molecule has 0 spiro atoms. The predicted molar refractivity (Wildman–Crippen MR) is 152 cm³/mol. The van der Waals surface area contributed by atoms with E-state index in [-0.39, 0.29) is 18.7 Å². The summed E-state index contributed by atoms with van der Waals surface area (Å²) in [6, 6.07) is 7.62. The summed E-state index contributed by atoms with van der Waals surface area (Å²) >= 11 is 14.9. The molecular formula is C26H27Cl2N4O6S2+. The Morgan fingerprint density at radius 2 is 1.93 bits per heavy atom. The Kier molecular flexibility index (Phi) is 10.0. The van der Waals surface area contributed by atoms with Gasteiger partial charge in [0.2, 0.25) is 5.91 Å². The highest BCUT2D eigenvalue weighted by Crippen LogP contribution is 2.41. The summed E-state index contributed by atoms with van der Waals surface area (Å²) in [5.74, 6) is -2.83. The second-order valence-corrected chi connectivity index (χ2v) is 12.3. The molecular weight excluding hydrogens is 599 g/mol. The van der Waals surface area contributed by atoms with Gasteiger partial charge < -0.3 is 21.3 Å². The van der Waals surface area contributed by atoms with Crippen molar-refractivity contribution in [2.75, 3.05) is 18.1 Å². The Morgan fingerprint density at radius 3 is 2.58 bits per heavy atom. The highest BCUT2D eigenvalue weighted by molar-refractivity contribution is 8.01. The van der Waals surface area contributed by atoms with Gasteiger partial charge in [0.25, 0.3) is 5.91 Å². The lowest BCUT2D eigenvalue weighted by Gasteiger charge is -2.49. The van der Waals surface area contributed by atoms with Crippen LogP contribution in [-0.4, -0.2) is 68.3 Å². The molecule has 1 saturated heterocycles. The zero-order valence-corrected chi connectivity index (χ0v) is 24.2. The normalized spacial score (nSPS) is 19.1. The van der Waals surface area contributed by atoms with Crippen LogP contribution < -0.4 is 15.6 Å². The van der Waals surface area contributed by atoms with Crippen LogP contribution in [0.15, 0.2) is 58.9 Å². The number of thioether (sulfide) groups is 2. The molecule has 0 radical (unpaired) electrons. The van der Waals surface area contributed by atoms with Crippen LogP contribution in [-0.2, 0) is 32.1 Å². The number of nitrogens with two attached hydrogens (primary N) is 1. The summed E-state index contributed by atoms with van der Waals surface area (Å²) in [7, 11) is 0. The number of aliphatic carboxylic acids is 2. The minimum Gasteiger partial charge on any atom is -0.481 e. The van der Waals surface area contributed by atoms with Gasteiger partial charge in [0.1, 0.15) is 23.0 Å². The first-order valence-corrected chi connectivity index (χ1v) is 15.1. The first-order chi connectivity index (χ1) is 19.1. The molecule has 1 fully saturated rings. The highest BCUT2D eigenvalue weighted by Gasteiger charge is 2.54. The van der Waals surface area contributed by atoms with Crippen LogP contribution in [0.3, 0.4) is 0 Å². The van der Waals surface area contributed by atoms with Crippen molar-refractivity contribution in [2.24, 2.45) is 11.7 Å². The maximum absolute atomic E-state index is 13.0. The molecule has 1 aromatic carbocycles. The van der Waals surface area contributed by atoms with Crippen molar-refractivity contribution in [2.45, 2.75) is 35.7 Å². The number of nitrogens with one attached hydrogen (secondary N) is 1. The van der Waals surface area contributed by atoms with E-state index in [1.165, 1.54) is 28.4 Å². The molecule has 2 aromatic rings. The van der Waals surface area contributed by atoms with E-state index in [0.29, 0.717) is 45.7 Å². The van der Waals surface area contributed by atoms with Crippen LogP contribution >= 0.6 is 46.7 Å². The lowest BCUT2D eigenvalue weighted by atomic mass is 10.0. The minimum absolute atomic E-state index is 0.0540. The van der Waals surface area contributed by atoms with E-state index in [2.05, 4.69) is 5.32 Å². The number of pyridine rings is 1. The Hall–Kier alpha value is -2.77. The molecule has 0 unspecified atom stereocenters. The summed E-state index contributed by atoms with van der Waals surface area (Å²) in [6.07, 6.45) is 3.86. The number of halogens is 2. The number of carbonyl (C=O) groups excluding carboxylic acids is 2. The van der Waals surface area contributed by atoms with Gasteiger partial charge in [-0.05, 0) is 42.3 Å². The largest absolute Gasteiger partial charge is 0.481 e. The van der Waals surface area contributed by atoms with Crippen molar-refractivity contribution in [1.82, 2.24) is 10.2 Å². The average Bonchev–Trinajstić information content (AvgIpc) is 2.92. The van der Waals surface area contributed by atoms with Gasteiger partial charge in [-0.3, -0.25) is 19.3 Å². The van der Waals surface area contributed by atoms with Gasteiger partial charge in [-0.1, -0.05) is 23.2 Å². The fourth-order valence-corrected chi connectivity index (χ4v) is 7.20. The Bertz CT molecular complexity index is 1360. The highest BCUT2D eigenvalue weighted by atomic mass is 35.5. The number of carboxylic acid groups (broad SMARTS) is 2. The van der Waals surface area contributed by atoms with Crippen molar-refractivity contribution in [3.63, 3.8) is 0 Å². The summed E-state index contributed by atoms with van der Waals surface area (Å²) in [5, 5.41) is 22.3. The number of benzene rings is 1. The third-order valence-corrected chi connectivity index (χ3v) is 9.54. The molecule has 1 aromatic heterocycles. The standard InChI is InChI=1S/C26H26Cl2N4O6S2/c27-17-1-2-19(28)15(9-17)10-20(33)30-21-23(34)32-22(26(37)38)16(13-40-24(21)32)12-39-18-4-7-31(8-5-18)11-14(3-6-29)25(35)36/h1-2,4-5,7-9,14,21,24H,3,6,10-13,29H2,(H2-,30,33,35,36,37,38)/p+1/t14-,21+,24+/m0/s1. The van der Waals surface area contributed by atoms with E-state index in [9.17, 15) is 29.4 Å². The molecule has 14 heteroatoms. The molecule has 5 N–H and O–H groups in total. The van der Waals surface area contributed by atoms with Crippen molar-refractivity contribution < 1.29 is 34.0 Å². The van der Waals surface area contributed by atoms with Crippen LogP contribution in [0, 0.1) is 5.92 Å². The van der Waals surface area contributed by atoms with Gasteiger partial charge in [-0.2, -0.15) is 0 Å². The van der Waals surface area contributed by atoms with Crippen LogP contribution in [0.2, 0.25) is 10.0 Å². The molecule has 0 aliphatic carbocycles. The van der Waals surface area contributed by atoms with Crippen LogP contribution in [0.25, 0.3) is 0 Å². The van der Waals surface area contributed by atoms with Gasteiger partial charge in [0.15, 0.2) is 18.9 Å². The van der Waals surface area contributed by atoms with E-state index in [1.54, 1.807) is 35.2 Å². The maximum Gasteiger partial charge on any atom is 0.352 e. The number of nitrogens with zero attached hydrogens (tertiary/aromatic N) is 2. The van der Waals surface area contributed by atoms with Crippen molar-refractivity contribution in [3.05, 3.63) is 69.6 Å². The molecule has 3 atom stereocenters. The molecule has 2 aliphatic heterocycles. The second kappa shape index (κ2) is 13.3. The summed E-state index contributed by atoms with van der Waals surface area (Å²) in [4.78, 5) is 51.2. The second-order valence-electron chi connectivity index (χ2n) is 9.26. The predicted octanol–water partition coefficient (Wildman–Crippen LogP) is 2.40. The molecule has 0 saturated carbocycles. The molecule has 40 heavy (non-hydrogen) atoms. The summed E-state index contributed by atoms with van der Waals surface area (Å²) in [6.45, 7) is 0.584. The number of aromatic nitrogens is 1. The fourth-order valence-electron chi connectivity index (χ4n) is 4.45. The molecule has 2 amide bonds. The summed E-state index contributed by atoms with van der Waals surface area (Å²) < 4.78 is 1.77. The van der Waals surface area contributed by atoms with Crippen molar-refractivity contribution in [1.29, 1.82) is 0 Å². The first kappa shape index (κ1) is 30.2. The van der Waals surface area contributed by atoms with Crippen molar-refractivity contribution >= 4 is 70.5 Å². The van der Waals surface area contributed by atoms with Crippen molar-refractivity contribution in [3.8, 4) is 0 Å². The van der Waals surface area contributed by atoms with Crippen LogP contribution in [0.5, 0.6) is 0 Å². The van der Waals surface area contributed by atoms with E-state index < -0.39 is 41.1 Å². The van der Waals surface area contributed by atoms with E-state index in [4.69, 9.17) is 28.9 Å². The Labute approximate surface area is 248 Å². The zero-order chi connectivity index (χ0) is 29.0. The third kappa shape index (κ3) is 6.92. The van der Waals surface area contributed by atoms with Gasteiger partial charge >= 0.3 is 11.9 Å². The summed E-state index contributed by atoms with van der Waals surface area (Å²) in [5.41, 5.74) is 6.59.